The first-order valence-corrected chi connectivity index (χ1v) is 10.3. The van der Waals surface area contributed by atoms with Gasteiger partial charge in [0.2, 0.25) is 0 Å². The summed E-state index contributed by atoms with van der Waals surface area (Å²) in [5.74, 6) is -3.01. The Morgan fingerprint density at radius 3 is 2.58 bits per heavy atom. The van der Waals surface area contributed by atoms with Gasteiger partial charge in [-0.1, -0.05) is 18.2 Å². The van der Waals surface area contributed by atoms with Crippen molar-refractivity contribution in [2.45, 2.75) is 18.9 Å². The van der Waals surface area contributed by atoms with Crippen molar-refractivity contribution in [1.29, 1.82) is 0 Å². The summed E-state index contributed by atoms with van der Waals surface area (Å²) in [6, 6.07) is 19.4. The third-order valence-electron chi connectivity index (χ3n) is 5.84. The van der Waals surface area contributed by atoms with E-state index in [-0.39, 0.29) is 10.9 Å². The van der Waals surface area contributed by atoms with Crippen molar-refractivity contribution in [2.24, 2.45) is 0 Å². The Morgan fingerprint density at radius 2 is 1.81 bits per heavy atom. The number of para-hydroxylation sites is 1. The van der Waals surface area contributed by atoms with Gasteiger partial charge >= 0.3 is 0 Å². The van der Waals surface area contributed by atoms with Gasteiger partial charge < -0.3 is 15.3 Å². The SMILES string of the molecule is Oc1c(F)cc2cnn(-c3ccc(NCC4CCCN4c4ccccc4)cc3)c2c1F. The highest BCUT2D eigenvalue weighted by atomic mass is 19.1. The minimum atomic E-state index is -1.02. The van der Waals surface area contributed by atoms with Gasteiger partial charge in [0.25, 0.3) is 0 Å². The van der Waals surface area contributed by atoms with Crippen LogP contribution in [0, 0.1) is 11.6 Å². The number of phenols is 1. The summed E-state index contributed by atoms with van der Waals surface area (Å²) in [6.07, 6.45) is 3.69. The van der Waals surface area contributed by atoms with E-state index in [0.717, 1.165) is 31.3 Å². The van der Waals surface area contributed by atoms with Gasteiger partial charge in [-0.3, -0.25) is 0 Å². The Morgan fingerprint density at radius 1 is 1.03 bits per heavy atom. The van der Waals surface area contributed by atoms with Crippen LogP contribution in [0.5, 0.6) is 5.75 Å². The number of aromatic hydroxyl groups is 1. The number of halogens is 2. The number of nitrogens with zero attached hydrogens (tertiary/aromatic N) is 3. The smallest absolute Gasteiger partial charge is 0.194 e. The molecule has 1 aromatic heterocycles. The van der Waals surface area contributed by atoms with E-state index in [1.165, 1.54) is 23.0 Å². The zero-order valence-electron chi connectivity index (χ0n) is 16.8. The molecule has 5 nitrogen and oxygen atoms in total. The third-order valence-corrected chi connectivity index (χ3v) is 5.84. The summed E-state index contributed by atoms with van der Waals surface area (Å²) in [7, 11) is 0. The van der Waals surface area contributed by atoms with Gasteiger partial charge in [-0.05, 0) is 55.3 Å². The minimum absolute atomic E-state index is 0.0454. The lowest BCUT2D eigenvalue weighted by molar-refractivity contribution is 0.399. The molecule has 0 amide bonds. The molecular weight excluding hydrogens is 398 g/mol. The zero-order valence-corrected chi connectivity index (χ0v) is 16.8. The monoisotopic (exact) mass is 420 g/mol. The molecule has 2 N–H and O–H groups in total. The van der Waals surface area contributed by atoms with E-state index in [0.29, 0.717) is 11.7 Å². The van der Waals surface area contributed by atoms with Crippen molar-refractivity contribution in [3.8, 4) is 11.4 Å². The molecule has 1 aliphatic heterocycles. The Hall–Kier alpha value is -3.61. The van der Waals surface area contributed by atoms with Gasteiger partial charge in [0, 0.05) is 35.9 Å². The number of anilines is 2. The maximum atomic E-state index is 14.4. The Kier molecular flexibility index (Phi) is 4.94. The molecule has 3 aromatic carbocycles. The van der Waals surface area contributed by atoms with Crippen molar-refractivity contribution in [3.63, 3.8) is 0 Å². The number of phenolic OH excluding ortho intramolecular Hbond substituents is 1. The highest BCUT2D eigenvalue weighted by Crippen LogP contribution is 2.30. The van der Waals surface area contributed by atoms with E-state index in [4.69, 9.17) is 0 Å². The number of rotatable bonds is 5. The van der Waals surface area contributed by atoms with Gasteiger partial charge in [-0.25, -0.2) is 13.5 Å². The van der Waals surface area contributed by atoms with Crippen LogP contribution in [0.1, 0.15) is 12.8 Å². The van der Waals surface area contributed by atoms with E-state index in [1.54, 1.807) is 0 Å². The molecule has 31 heavy (non-hydrogen) atoms. The summed E-state index contributed by atoms with van der Waals surface area (Å²) in [5.41, 5.74) is 2.87. The van der Waals surface area contributed by atoms with Crippen molar-refractivity contribution in [1.82, 2.24) is 9.78 Å². The van der Waals surface area contributed by atoms with Gasteiger partial charge in [0.1, 0.15) is 5.52 Å². The summed E-state index contributed by atoms with van der Waals surface area (Å²) in [6.45, 7) is 1.88. The maximum absolute atomic E-state index is 14.4. The molecule has 7 heteroatoms. The molecule has 1 aliphatic rings. The maximum Gasteiger partial charge on any atom is 0.194 e. The van der Waals surface area contributed by atoms with Gasteiger partial charge in [0.05, 0.1) is 11.9 Å². The van der Waals surface area contributed by atoms with E-state index in [1.807, 2.05) is 30.3 Å². The second-order valence-corrected chi connectivity index (χ2v) is 7.77. The highest BCUT2D eigenvalue weighted by Gasteiger charge is 2.24. The number of benzene rings is 3. The molecule has 2 heterocycles. The average Bonchev–Trinajstić information content (AvgIpc) is 3.44. The van der Waals surface area contributed by atoms with E-state index < -0.39 is 17.4 Å². The van der Waals surface area contributed by atoms with Crippen LogP contribution in [0.25, 0.3) is 16.6 Å². The van der Waals surface area contributed by atoms with Crippen molar-refractivity contribution in [2.75, 3.05) is 23.3 Å². The lowest BCUT2D eigenvalue weighted by atomic mass is 10.2. The molecule has 0 radical (unpaired) electrons. The first kappa shape index (κ1) is 19.4. The van der Waals surface area contributed by atoms with Gasteiger partial charge in [-0.2, -0.15) is 5.10 Å². The van der Waals surface area contributed by atoms with Crippen LogP contribution in [0.2, 0.25) is 0 Å². The topological polar surface area (TPSA) is 53.3 Å². The molecule has 0 bridgehead atoms. The Balaban J connectivity index is 1.32. The number of nitrogens with one attached hydrogen (secondary N) is 1. The number of hydrogen-bond acceptors (Lipinski definition) is 4. The normalized spacial score (nSPS) is 16.2. The number of fused-ring (bicyclic) bond motifs is 1. The predicted octanol–water partition coefficient (Wildman–Crippen LogP) is 5.09. The Labute approximate surface area is 178 Å². The number of hydrogen-bond donors (Lipinski definition) is 2. The first-order valence-electron chi connectivity index (χ1n) is 10.3. The van der Waals surface area contributed by atoms with Crippen LogP contribution in [0.3, 0.4) is 0 Å². The molecule has 0 spiro atoms. The molecule has 0 saturated carbocycles. The molecule has 1 unspecified atom stereocenters. The van der Waals surface area contributed by atoms with Crippen molar-refractivity contribution in [3.05, 3.63) is 78.5 Å². The van der Waals surface area contributed by atoms with E-state index >= 15 is 0 Å². The fourth-order valence-corrected chi connectivity index (χ4v) is 4.27. The largest absolute Gasteiger partial charge is 0.503 e. The second kappa shape index (κ2) is 7.91. The lowest BCUT2D eigenvalue weighted by Gasteiger charge is -2.27. The van der Waals surface area contributed by atoms with Crippen LogP contribution in [0.4, 0.5) is 20.2 Å². The Bertz CT molecular complexity index is 1210. The molecule has 1 fully saturated rings. The van der Waals surface area contributed by atoms with Crippen LogP contribution < -0.4 is 10.2 Å². The van der Waals surface area contributed by atoms with Gasteiger partial charge in [0.15, 0.2) is 17.4 Å². The fraction of sp³-hybridized carbons (Fsp3) is 0.208. The van der Waals surface area contributed by atoms with Crippen LogP contribution in [0.15, 0.2) is 66.9 Å². The van der Waals surface area contributed by atoms with E-state index in [9.17, 15) is 13.9 Å². The summed E-state index contributed by atoms with van der Waals surface area (Å²) in [5, 5.41) is 17.6. The zero-order chi connectivity index (χ0) is 21.4. The van der Waals surface area contributed by atoms with Gasteiger partial charge in [-0.15, -0.1) is 0 Å². The standard InChI is InChI=1S/C24H22F2N4O/c25-21-13-16-14-28-30(23(16)22(26)24(21)31)19-10-8-17(9-11-19)27-15-20-7-4-12-29(20)18-5-2-1-3-6-18/h1-3,5-6,8-11,13-14,20,27,31H,4,7,12,15H2. The van der Waals surface area contributed by atoms with Crippen LogP contribution in [-0.2, 0) is 0 Å². The summed E-state index contributed by atoms with van der Waals surface area (Å²) >= 11 is 0. The quantitative estimate of drug-likeness (QED) is 0.472. The summed E-state index contributed by atoms with van der Waals surface area (Å²) in [4.78, 5) is 2.44. The fourth-order valence-electron chi connectivity index (χ4n) is 4.27. The van der Waals surface area contributed by atoms with Crippen molar-refractivity contribution >= 4 is 22.3 Å². The first-order chi connectivity index (χ1) is 15.1. The molecule has 5 rings (SSSR count). The van der Waals surface area contributed by atoms with Crippen LogP contribution in [-0.4, -0.2) is 34.0 Å². The molecular formula is C24H22F2N4O. The highest BCUT2D eigenvalue weighted by molar-refractivity contribution is 5.82. The molecule has 1 saturated heterocycles. The summed E-state index contributed by atoms with van der Waals surface area (Å²) < 4.78 is 29.4. The second-order valence-electron chi connectivity index (χ2n) is 7.77. The molecule has 1 atom stereocenters. The van der Waals surface area contributed by atoms with E-state index in [2.05, 4.69) is 39.6 Å². The third kappa shape index (κ3) is 3.56. The predicted molar refractivity (Wildman–Crippen MR) is 118 cm³/mol. The van der Waals surface area contributed by atoms with Crippen LogP contribution >= 0.6 is 0 Å². The average molecular weight is 420 g/mol. The minimum Gasteiger partial charge on any atom is -0.503 e. The molecule has 4 aromatic rings. The molecule has 0 aliphatic carbocycles. The lowest BCUT2D eigenvalue weighted by Crippen LogP contribution is -2.34. The number of aromatic nitrogens is 2. The van der Waals surface area contributed by atoms with Crippen molar-refractivity contribution < 1.29 is 13.9 Å². The molecule has 158 valence electrons.